The average Bonchev–Trinajstić information content (AvgIpc) is 3.30. The maximum absolute atomic E-state index is 11.3. The summed E-state index contributed by atoms with van der Waals surface area (Å²) < 4.78 is 10.1. The van der Waals surface area contributed by atoms with Crippen molar-refractivity contribution in [1.29, 1.82) is 0 Å². The van der Waals surface area contributed by atoms with Crippen molar-refractivity contribution in [2.24, 2.45) is 7.05 Å². The second-order valence-corrected chi connectivity index (χ2v) is 9.06. The van der Waals surface area contributed by atoms with E-state index >= 15 is 0 Å². The van der Waals surface area contributed by atoms with Gasteiger partial charge < -0.3 is 19.9 Å². The molecule has 0 saturated carbocycles. The van der Waals surface area contributed by atoms with E-state index in [9.17, 15) is 4.79 Å². The van der Waals surface area contributed by atoms with E-state index in [0.29, 0.717) is 23.3 Å². The SMILES string of the molecule is CC(=O)Nc1cc(Oc2ccc3nc(Nc4cc5n(n4)CCCC5(C)C)n(C)c3c2)ccn1. The van der Waals surface area contributed by atoms with E-state index in [0.717, 1.165) is 36.2 Å². The van der Waals surface area contributed by atoms with Gasteiger partial charge in [-0.3, -0.25) is 9.48 Å². The van der Waals surface area contributed by atoms with E-state index in [-0.39, 0.29) is 11.3 Å². The van der Waals surface area contributed by atoms with Crippen molar-refractivity contribution in [1.82, 2.24) is 24.3 Å². The van der Waals surface area contributed by atoms with Crippen LogP contribution in [0.5, 0.6) is 11.5 Å². The van der Waals surface area contributed by atoms with Crippen molar-refractivity contribution in [2.45, 2.75) is 45.6 Å². The van der Waals surface area contributed by atoms with Crippen LogP contribution in [-0.2, 0) is 23.8 Å². The van der Waals surface area contributed by atoms with Gasteiger partial charge in [0, 0.05) is 56.0 Å². The summed E-state index contributed by atoms with van der Waals surface area (Å²) >= 11 is 0. The highest BCUT2D eigenvalue weighted by Crippen LogP contribution is 2.35. The number of nitrogens with zero attached hydrogens (tertiary/aromatic N) is 5. The molecule has 0 saturated heterocycles. The van der Waals surface area contributed by atoms with Crippen LogP contribution in [-0.4, -0.2) is 30.2 Å². The minimum Gasteiger partial charge on any atom is -0.457 e. The molecule has 2 N–H and O–H groups in total. The zero-order valence-electron chi connectivity index (χ0n) is 19.2. The monoisotopic (exact) mass is 445 g/mol. The highest BCUT2D eigenvalue weighted by atomic mass is 16.5. The minimum atomic E-state index is -0.182. The topological polar surface area (TPSA) is 98.9 Å². The predicted octanol–water partition coefficient (Wildman–Crippen LogP) is 4.73. The molecule has 170 valence electrons. The summed E-state index contributed by atoms with van der Waals surface area (Å²) in [7, 11) is 1.96. The summed E-state index contributed by atoms with van der Waals surface area (Å²) in [5, 5.41) is 10.8. The van der Waals surface area contributed by atoms with Gasteiger partial charge in [0.1, 0.15) is 17.3 Å². The van der Waals surface area contributed by atoms with Crippen LogP contribution < -0.4 is 15.4 Å². The minimum absolute atomic E-state index is 0.122. The Bertz CT molecular complexity index is 1350. The second-order valence-electron chi connectivity index (χ2n) is 9.06. The smallest absolute Gasteiger partial charge is 0.222 e. The lowest BCUT2D eigenvalue weighted by Gasteiger charge is -2.30. The number of amides is 1. The lowest BCUT2D eigenvalue weighted by molar-refractivity contribution is -0.114. The van der Waals surface area contributed by atoms with Crippen LogP contribution in [0.15, 0.2) is 42.6 Å². The molecule has 1 aliphatic rings. The number of ether oxygens (including phenoxy) is 1. The number of fused-ring (bicyclic) bond motifs is 2. The molecule has 9 heteroatoms. The first kappa shape index (κ1) is 21.0. The van der Waals surface area contributed by atoms with Crippen molar-refractivity contribution in [3.63, 3.8) is 0 Å². The largest absolute Gasteiger partial charge is 0.457 e. The standard InChI is InChI=1S/C24H27N7O2/c1-15(32)26-21-13-17(8-10-25-21)33-16-6-7-18-19(12-16)30(4)23(27-18)28-22-14-20-24(2,3)9-5-11-31(20)29-22/h6-8,10,12-14H,5,9,11H2,1-4H3,(H,25,26,32)(H,27,28,29). The maximum atomic E-state index is 11.3. The highest BCUT2D eigenvalue weighted by molar-refractivity contribution is 5.87. The Labute approximate surface area is 191 Å². The van der Waals surface area contributed by atoms with Crippen LogP contribution in [0.4, 0.5) is 17.6 Å². The Morgan fingerprint density at radius 3 is 2.73 bits per heavy atom. The van der Waals surface area contributed by atoms with Gasteiger partial charge in [-0.2, -0.15) is 5.10 Å². The molecule has 1 aromatic carbocycles. The Morgan fingerprint density at radius 1 is 1.12 bits per heavy atom. The third-order valence-electron chi connectivity index (χ3n) is 6.01. The number of carbonyl (C=O) groups is 1. The number of carbonyl (C=O) groups excluding carboxylic acids is 1. The molecule has 4 heterocycles. The van der Waals surface area contributed by atoms with E-state index in [2.05, 4.69) is 40.2 Å². The number of aryl methyl sites for hydroxylation is 2. The van der Waals surface area contributed by atoms with Gasteiger partial charge in [0.2, 0.25) is 11.9 Å². The average molecular weight is 446 g/mol. The first-order valence-corrected chi connectivity index (χ1v) is 11.0. The number of nitrogens with one attached hydrogen (secondary N) is 2. The van der Waals surface area contributed by atoms with Gasteiger partial charge in [0.05, 0.1) is 11.0 Å². The van der Waals surface area contributed by atoms with Gasteiger partial charge in [0.15, 0.2) is 5.82 Å². The predicted molar refractivity (Wildman–Crippen MR) is 127 cm³/mol. The van der Waals surface area contributed by atoms with Crippen molar-refractivity contribution >= 4 is 34.5 Å². The summed E-state index contributed by atoms with van der Waals surface area (Å²) in [5.74, 6) is 3.03. The van der Waals surface area contributed by atoms with E-state index in [1.54, 1.807) is 18.3 Å². The lowest BCUT2D eigenvalue weighted by atomic mass is 9.82. The first-order valence-electron chi connectivity index (χ1n) is 11.0. The zero-order chi connectivity index (χ0) is 23.2. The number of aromatic nitrogens is 5. The maximum Gasteiger partial charge on any atom is 0.222 e. The van der Waals surface area contributed by atoms with Gasteiger partial charge in [-0.25, -0.2) is 9.97 Å². The molecule has 1 aliphatic heterocycles. The van der Waals surface area contributed by atoms with Crippen LogP contribution >= 0.6 is 0 Å². The van der Waals surface area contributed by atoms with E-state index in [4.69, 9.17) is 14.8 Å². The third kappa shape index (κ3) is 4.13. The van der Waals surface area contributed by atoms with Gasteiger partial charge in [-0.05, 0) is 31.0 Å². The molecule has 0 spiro atoms. The van der Waals surface area contributed by atoms with Gasteiger partial charge in [0.25, 0.3) is 0 Å². The number of hydrogen-bond acceptors (Lipinski definition) is 6. The first-order chi connectivity index (χ1) is 15.8. The van der Waals surface area contributed by atoms with E-state index in [1.165, 1.54) is 12.6 Å². The lowest BCUT2D eigenvalue weighted by Crippen LogP contribution is -2.27. The Hall–Kier alpha value is -3.88. The quantitative estimate of drug-likeness (QED) is 0.461. The van der Waals surface area contributed by atoms with Crippen LogP contribution in [0.1, 0.15) is 39.3 Å². The fourth-order valence-electron chi connectivity index (χ4n) is 4.31. The number of imidazole rings is 1. The molecule has 0 bridgehead atoms. The van der Waals surface area contributed by atoms with Crippen molar-refractivity contribution in [3.05, 3.63) is 48.3 Å². The molecule has 0 aliphatic carbocycles. The molecular weight excluding hydrogens is 418 g/mol. The van der Waals surface area contributed by atoms with Crippen LogP contribution in [0.2, 0.25) is 0 Å². The fraction of sp³-hybridized carbons (Fsp3) is 0.333. The van der Waals surface area contributed by atoms with Gasteiger partial charge >= 0.3 is 0 Å². The Kier molecular flexibility index (Phi) is 5.03. The Balaban J connectivity index is 1.39. The Morgan fingerprint density at radius 2 is 1.94 bits per heavy atom. The van der Waals surface area contributed by atoms with E-state index in [1.807, 2.05) is 29.8 Å². The number of pyridine rings is 1. The van der Waals surface area contributed by atoms with E-state index < -0.39 is 0 Å². The molecule has 4 aromatic rings. The number of anilines is 3. The second kappa shape index (κ2) is 7.91. The summed E-state index contributed by atoms with van der Waals surface area (Å²) in [5.41, 5.74) is 3.15. The normalized spacial score (nSPS) is 14.7. The van der Waals surface area contributed by atoms with Crippen LogP contribution in [0, 0.1) is 0 Å². The summed E-state index contributed by atoms with van der Waals surface area (Å²) in [4.78, 5) is 20.1. The van der Waals surface area contributed by atoms with Crippen molar-refractivity contribution in [3.8, 4) is 11.5 Å². The molecule has 0 radical (unpaired) electrons. The van der Waals surface area contributed by atoms with Gasteiger partial charge in [-0.1, -0.05) is 13.8 Å². The summed E-state index contributed by atoms with van der Waals surface area (Å²) in [6.45, 7) is 6.92. The van der Waals surface area contributed by atoms with Crippen molar-refractivity contribution < 1.29 is 9.53 Å². The number of benzene rings is 1. The number of hydrogen-bond donors (Lipinski definition) is 2. The van der Waals surface area contributed by atoms with Crippen molar-refractivity contribution in [2.75, 3.05) is 10.6 Å². The molecule has 1 amide bonds. The molecule has 33 heavy (non-hydrogen) atoms. The third-order valence-corrected chi connectivity index (χ3v) is 6.01. The van der Waals surface area contributed by atoms with Crippen LogP contribution in [0.25, 0.3) is 11.0 Å². The van der Waals surface area contributed by atoms with Gasteiger partial charge in [-0.15, -0.1) is 0 Å². The molecule has 0 unspecified atom stereocenters. The number of rotatable bonds is 5. The molecule has 5 rings (SSSR count). The summed E-state index contributed by atoms with van der Waals surface area (Å²) in [6, 6.07) is 11.3. The summed E-state index contributed by atoms with van der Waals surface area (Å²) in [6.07, 6.45) is 3.90. The molecule has 9 nitrogen and oxygen atoms in total. The highest BCUT2D eigenvalue weighted by Gasteiger charge is 2.29. The fourth-order valence-corrected chi connectivity index (χ4v) is 4.31. The molecular formula is C24H27N7O2. The van der Waals surface area contributed by atoms with Crippen LogP contribution in [0.3, 0.4) is 0 Å². The molecule has 0 atom stereocenters. The zero-order valence-corrected chi connectivity index (χ0v) is 19.2. The molecule has 0 fully saturated rings. The molecule has 3 aromatic heterocycles.